The van der Waals surface area contributed by atoms with Crippen molar-refractivity contribution in [3.63, 3.8) is 0 Å². The molecule has 162 valence electrons. The summed E-state index contributed by atoms with van der Waals surface area (Å²) in [6.07, 6.45) is 14.8. The van der Waals surface area contributed by atoms with E-state index < -0.39 is 0 Å². The summed E-state index contributed by atoms with van der Waals surface area (Å²) in [4.78, 5) is 12.8. The van der Waals surface area contributed by atoms with Gasteiger partial charge in [0.15, 0.2) is 0 Å². The van der Waals surface area contributed by atoms with Crippen molar-refractivity contribution in [2.45, 2.75) is 64.8 Å². The van der Waals surface area contributed by atoms with Crippen LogP contribution in [0.3, 0.4) is 0 Å². The number of aromatic nitrogens is 2. The molecular formula is C24H33ClN4O. The molecular weight excluding hydrogens is 396 g/mol. The summed E-state index contributed by atoms with van der Waals surface area (Å²) in [6.45, 7) is 5.97. The lowest BCUT2D eigenvalue weighted by Crippen LogP contribution is -2.48. The third-order valence-electron chi connectivity index (χ3n) is 5.55. The Morgan fingerprint density at radius 1 is 1.33 bits per heavy atom. The van der Waals surface area contributed by atoms with E-state index in [1.165, 1.54) is 6.42 Å². The number of benzene rings is 1. The molecule has 30 heavy (non-hydrogen) atoms. The van der Waals surface area contributed by atoms with E-state index in [1.54, 1.807) is 11.6 Å². The van der Waals surface area contributed by atoms with E-state index >= 15 is 0 Å². The van der Waals surface area contributed by atoms with Crippen LogP contribution in [0.25, 0.3) is 0 Å². The fourth-order valence-electron chi connectivity index (χ4n) is 3.98. The maximum Gasteiger partial charge on any atom is 0.239 e. The molecule has 0 radical (unpaired) electrons. The summed E-state index contributed by atoms with van der Waals surface area (Å²) in [5, 5.41) is 11.7. The first kappa shape index (κ1) is 23.8. The standard InChI is InChI=1S/C21H29ClN4O.C3H4/c1-4-16-11-18(22)15(2)10-19(16)23-13-20(27)25-21(8-6-5-7-9-21)17-12-24-26(3)14-17;1-3-2/h10-12,14,23H,4-9,13H2,1-3H3,(H,25,27);1H,2H3. The number of carbonyl (C=O) groups is 1. The predicted molar refractivity (Wildman–Crippen MR) is 125 cm³/mol. The van der Waals surface area contributed by atoms with Crippen LogP contribution in [-0.4, -0.2) is 22.2 Å². The second kappa shape index (κ2) is 11.1. The zero-order valence-electron chi connectivity index (χ0n) is 18.5. The van der Waals surface area contributed by atoms with Crippen molar-refractivity contribution in [2.24, 2.45) is 7.05 Å². The van der Waals surface area contributed by atoms with E-state index in [4.69, 9.17) is 11.6 Å². The van der Waals surface area contributed by atoms with Crippen molar-refractivity contribution in [2.75, 3.05) is 11.9 Å². The number of aryl methyl sites for hydroxylation is 3. The van der Waals surface area contributed by atoms with Gasteiger partial charge in [-0.05, 0) is 56.4 Å². The molecule has 2 aromatic rings. The van der Waals surface area contributed by atoms with Crippen LogP contribution < -0.4 is 10.6 Å². The Kier molecular flexibility index (Phi) is 8.80. The summed E-state index contributed by atoms with van der Waals surface area (Å²) in [6, 6.07) is 4.00. The first-order chi connectivity index (χ1) is 14.3. The molecule has 2 N–H and O–H groups in total. The van der Waals surface area contributed by atoms with Crippen LogP contribution in [-0.2, 0) is 23.8 Å². The molecule has 0 bridgehead atoms. The van der Waals surface area contributed by atoms with Crippen LogP contribution in [0.1, 0.15) is 62.6 Å². The van der Waals surface area contributed by atoms with Gasteiger partial charge < -0.3 is 10.6 Å². The van der Waals surface area contributed by atoms with E-state index in [2.05, 4.69) is 35.0 Å². The molecule has 1 aliphatic carbocycles. The molecule has 1 amide bonds. The van der Waals surface area contributed by atoms with Crippen molar-refractivity contribution in [3.05, 3.63) is 46.2 Å². The Balaban J connectivity index is 0.00000101. The van der Waals surface area contributed by atoms with Crippen molar-refractivity contribution in [1.29, 1.82) is 0 Å². The molecule has 0 aliphatic heterocycles. The highest BCUT2D eigenvalue weighted by atomic mass is 35.5. The highest BCUT2D eigenvalue weighted by Gasteiger charge is 2.36. The number of anilines is 1. The van der Waals surface area contributed by atoms with Gasteiger partial charge in [0.25, 0.3) is 0 Å². The predicted octanol–water partition coefficient (Wildman–Crippen LogP) is 4.97. The highest BCUT2D eigenvalue weighted by molar-refractivity contribution is 6.31. The van der Waals surface area contributed by atoms with Gasteiger partial charge in [-0.2, -0.15) is 5.10 Å². The summed E-state index contributed by atoms with van der Waals surface area (Å²) in [5.41, 5.74) is 3.92. The molecule has 0 unspecified atom stereocenters. The van der Waals surface area contributed by atoms with E-state index in [9.17, 15) is 4.79 Å². The van der Waals surface area contributed by atoms with Gasteiger partial charge in [-0.1, -0.05) is 37.8 Å². The maximum atomic E-state index is 12.8. The van der Waals surface area contributed by atoms with Gasteiger partial charge in [-0.25, -0.2) is 0 Å². The lowest BCUT2D eigenvalue weighted by atomic mass is 9.77. The summed E-state index contributed by atoms with van der Waals surface area (Å²) >= 11 is 6.23. The molecule has 0 atom stereocenters. The van der Waals surface area contributed by atoms with Crippen molar-refractivity contribution in [1.82, 2.24) is 15.1 Å². The van der Waals surface area contributed by atoms with Gasteiger partial charge in [0.05, 0.1) is 18.3 Å². The third kappa shape index (κ3) is 6.03. The number of terminal acetylenes is 1. The van der Waals surface area contributed by atoms with Gasteiger partial charge in [0.1, 0.15) is 0 Å². The number of carbonyl (C=O) groups excluding carboxylic acids is 1. The first-order valence-electron chi connectivity index (χ1n) is 10.6. The van der Waals surface area contributed by atoms with Crippen LogP contribution in [0.2, 0.25) is 5.02 Å². The summed E-state index contributed by atoms with van der Waals surface area (Å²) in [7, 11) is 1.92. The normalized spacial score (nSPS) is 14.8. The third-order valence-corrected chi connectivity index (χ3v) is 5.96. The first-order valence-corrected chi connectivity index (χ1v) is 10.9. The minimum absolute atomic E-state index is 0.00964. The Morgan fingerprint density at radius 3 is 2.57 bits per heavy atom. The highest BCUT2D eigenvalue weighted by Crippen LogP contribution is 2.37. The monoisotopic (exact) mass is 428 g/mol. The smallest absolute Gasteiger partial charge is 0.239 e. The summed E-state index contributed by atoms with van der Waals surface area (Å²) in [5.74, 6) is 2.26. The van der Waals surface area contributed by atoms with Crippen molar-refractivity contribution < 1.29 is 4.79 Å². The average Bonchev–Trinajstić information content (AvgIpc) is 3.17. The second-order valence-corrected chi connectivity index (χ2v) is 8.26. The van der Waals surface area contributed by atoms with Crippen molar-refractivity contribution in [3.8, 4) is 12.3 Å². The maximum absolute atomic E-state index is 12.8. The Labute approximate surface area is 185 Å². The number of halogens is 1. The number of amides is 1. The molecule has 1 aromatic carbocycles. The number of hydrogen-bond acceptors (Lipinski definition) is 3. The lowest BCUT2D eigenvalue weighted by Gasteiger charge is -2.37. The molecule has 1 aliphatic rings. The van der Waals surface area contributed by atoms with E-state index in [0.29, 0.717) is 0 Å². The zero-order chi connectivity index (χ0) is 22.1. The molecule has 0 saturated heterocycles. The minimum Gasteiger partial charge on any atom is -0.376 e. The molecule has 5 nitrogen and oxygen atoms in total. The van der Waals surface area contributed by atoms with Gasteiger partial charge in [0, 0.05) is 29.5 Å². The fraction of sp³-hybridized carbons (Fsp3) is 0.500. The number of hydrogen-bond donors (Lipinski definition) is 2. The Bertz CT molecular complexity index is 891. The molecule has 1 heterocycles. The van der Waals surface area contributed by atoms with Crippen LogP contribution in [0.15, 0.2) is 24.5 Å². The van der Waals surface area contributed by atoms with Gasteiger partial charge in [-0.15, -0.1) is 12.3 Å². The minimum atomic E-state index is -0.297. The largest absolute Gasteiger partial charge is 0.376 e. The molecule has 1 fully saturated rings. The molecule has 1 aromatic heterocycles. The van der Waals surface area contributed by atoms with Gasteiger partial charge in [-0.3, -0.25) is 9.48 Å². The second-order valence-electron chi connectivity index (χ2n) is 7.85. The fourth-order valence-corrected chi connectivity index (χ4v) is 4.16. The van der Waals surface area contributed by atoms with E-state index in [0.717, 1.165) is 59.5 Å². The zero-order valence-corrected chi connectivity index (χ0v) is 19.3. The quantitative estimate of drug-likeness (QED) is 0.638. The van der Waals surface area contributed by atoms with Crippen LogP contribution in [0.5, 0.6) is 0 Å². The number of nitrogens with one attached hydrogen (secondary N) is 2. The van der Waals surface area contributed by atoms with E-state index in [-0.39, 0.29) is 18.0 Å². The van der Waals surface area contributed by atoms with Crippen LogP contribution in [0.4, 0.5) is 5.69 Å². The number of nitrogens with zero attached hydrogens (tertiary/aromatic N) is 2. The summed E-state index contributed by atoms with van der Waals surface area (Å²) < 4.78 is 1.81. The Morgan fingerprint density at radius 2 is 2.00 bits per heavy atom. The lowest BCUT2D eigenvalue weighted by molar-refractivity contribution is -0.121. The van der Waals surface area contributed by atoms with Crippen LogP contribution >= 0.6 is 11.6 Å². The van der Waals surface area contributed by atoms with Crippen LogP contribution in [0, 0.1) is 19.3 Å². The average molecular weight is 429 g/mol. The SMILES string of the molecule is C#CC.CCc1cc(Cl)c(C)cc1NCC(=O)NC1(c2cnn(C)c2)CCCCC1. The number of rotatable bonds is 6. The topological polar surface area (TPSA) is 59.0 Å². The van der Waals surface area contributed by atoms with Gasteiger partial charge in [0.2, 0.25) is 5.91 Å². The Hall–Kier alpha value is -2.45. The van der Waals surface area contributed by atoms with Gasteiger partial charge >= 0.3 is 0 Å². The molecule has 6 heteroatoms. The van der Waals surface area contributed by atoms with E-state index in [1.807, 2.05) is 38.5 Å². The molecule has 1 saturated carbocycles. The van der Waals surface area contributed by atoms with Crippen molar-refractivity contribution >= 4 is 23.2 Å². The molecule has 0 spiro atoms. The molecule has 3 rings (SSSR count).